The fraction of sp³-hybridized carbons (Fsp3) is 0.278. The van der Waals surface area contributed by atoms with Crippen molar-refractivity contribution in [3.63, 3.8) is 0 Å². The molecule has 0 aliphatic carbocycles. The fourth-order valence-electron chi connectivity index (χ4n) is 2.37. The molecule has 2 N–H and O–H groups in total. The average Bonchev–Trinajstić information content (AvgIpc) is 2.46. The minimum atomic E-state index is -1.05. The monoisotopic (exact) mass is 312 g/mol. The van der Waals surface area contributed by atoms with E-state index < -0.39 is 11.5 Å². The smallest absolute Gasteiger partial charge is 0.337 e. The summed E-state index contributed by atoms with van der Waals surface area (Å²) < 4.78 is 0. The molecule has 5 heteroatoms. The van der Waals surface area contributed by atoms with Gasteiger partial charge in [0.2, 0.25) is 0 Å². The molecule has 0 spiro atoms. The molecule has 2 aromatic rings. The van der Waals surface area contributed by atoms with Crippen molar-refractivity contribution in [2.75, 3.05) is 0 Å². The molecular formula is C18H20N2O3. The van der Waals surface area contributed by atoms with Crippen molar-refractivity contribution in [3.05, 3.63) is 64.5 Å². The molecule has 0 saturated carbocycles. The lowest BCUT2D eigenvalue weighted by Crippen LogP contribution is -2.41. The summed E-state index contributed by atoms with van der Waals surface area (Å²) in [6.45, 7) is 7.40. The largest absolute Gasteiger partial charge is 0.478 e. The van der Waals surface area contributed by atoms with E-state index in [-0.39, 0.29) is 17.2 Å². The normalized spacial score (nSPS) is 11.1. The number of carboxylic acids is 1. The van der Waals surface area contributed by atoms with Crippen LogP contribution in [0.5, 0.6) is 0 Å². The van der Waals surface area contributed by atoms with E-state index in [1.54, 1.807) is 6.92 Å². The number of carboxylic acid groups (broad SMARTS) is 1. The number of aromatic nitrogens is 1. The topological polar surface area (TPSA) is 79.3 Å². The molecular weight excluding hydrogens is 292 g/mol. The van der Waals surface area contributed by atoms with Crippen LogP contribution in [0.3, 0.4) is 0 Å². The number of hydrogen-bond acceptors (Lipinski definition) is 3. The second-order valence-corrected chi connectivity index (χ2v) is 6.08. The van der Waals surface area contributed by atoms with Gasteiger partial charge in [0.05, 0.1) is 16.8 Å². The van der Waals surface area contributed by atoms with Crippen LogP contribution in [0.1, 0.15) is 51.5 Å². The van der Waals surface area contributed by atoms with Gasteiger partial charge in [0.1, 0.15) is 5.69 Å². The number of aromatic carboxylic acids is 1. The van der Waals surface area contributed by atoms with Crippen molar-refractivity contribution in [2.24, 2.45) is 0 Å². The number of rotatable bonds is 4. The highest BCUT2D eigenvalue weighted by atomic mass is 16.4. The maximum absolute atomic E-state index is 12.4. The van der Waals surface area contributed by atoms with Gasteiger partial charge in [-0.25, -0.2) is 9.78 Å². The molecule has 5 nitrogen and oxygen atoms in total. The summed E-state index contributed by atoms with van der Waals surface area (Å²) in [5, 5.41) is 12.0. The Hall–Kier alpha value is -2.69. The van der Waals surface area contributed by atoms with Crippen molar-refractivity contribution in [1.29, 1.82) is 0 Å². The first kappa shape index (κ1) is 16.7. The zero-order chi connectivity index (χ0) is 17.2. The van der Waals surface area contributed by atoms with Gasteiger partial charge in [0.25, 0.3) is 5.91 Å². The summed E-state index contributed by atoms with van der Waals surface area (Å²) in [5.41, 5.74) is 2.16. The molecule has 0 aliphatic rings. The Morgan fingerprint density at radius 3 is 2.39 bits per heavy atom. The number of hydrogen-bond donors (Lipinski definition) is 2. The Kier molecular flexibility index (Phi) is 4.50. The van der Waals surface area contributed by atoms with Gasteiger partial charge in [-0.3, -0.25) is 4.79 Å². The molecule has 1 aromatic heterocycles. The number of nitrogens with one attached hydrogen (secondary N) is 1. The summed E-state index contributed by atoms with van der Waals surface area (Å²) >= 11 is 0. The van der Waals surface area contributed by atoms with Crippen LogP contribution in [0.4, 0.5) is 0 Å². The minimum Gasteiger partial charge on any atom is -0.478 e. The highest BCUT2D eigenvalue weighted by Gasteiger charge is 2.24. The Bertz CT molecular complexity index is 767. The van der Waals surface area contributed by atoms with E-state index in [0.717, 1.165) is 11.1 Å². The Balaban J connectivity index is 2.24. The molecule has 0 radical (unpaired) electrons. The maximum atomic E-state index is 12.4. The average molecular weight is 312 g/mol. The van der Waals surface area contributed by atoms with Crippen molar-refractivity contribution >= 4 is 11.9 Å². The van der Waals surface area contributed by atoms with Gasteiger partial charge in [0.15, 0.2) is 0 Å². The molecule has 0 aliphatic heterocycles. The third kappa shape index (κ3) is 3.74. The van der Waals surface area contributed by atoms with Crippen LogP contribution in [0, 0.1) is 13.8 Å². The van der Waals surface area contributed by atoms with Crippen molar-refractivity contribution in [1.82, 2.24) is 10.3 Å². The van der Waals surface area contributed by atoms with Crippen LogP contribution in [-0.2, 0) is 5.54 Å². The summed E-state index contributed by atoms with van der Waals surface area (Å²) in [6, 6.07) is 10.8. The number of carbonyl (C=O) groups is 2. The lowest BCUT2D eigenvalue weighted by atomic mass is 9.93. The zero-order valence-corrected chi connectivity index (χ0v) is 13.7. The van der Waals surface area contributed by atoms with Gasteiger partial charge < -0.3 is 10.4 Å². The lowest BCUT2D eigenvalue weighted by Gasteiger charge is -2.27. The highest BCUT2D eigenvalue weighted by molar-refractivity contribution is 5.94. The summed E-state index contributed by atoms with van der Waals surface area (Å²) in [7, 11) is 0. The van der Waals surface area contributed by atoms with E-state index in [1.807, 2.05) is 45.0 Å². The van der Waals surface area contributed by atoms with Crippen molar-refractivity contribution < 1.29 is 14.7 Å². The number of carbonyl (C=O) groups excluding carboxylic acids is 1. The van der Waals surface area contributed by atoms with Gasteiger partial charge in [-0.2, -0.15) is 0 Å². The molecule has 1 amide bonds. The van der Waals surface area contributed by atoms with E-state index in [1.165, 1.54) is 12.1 Å². The van der Waals surface area contributed by atoms with E-state index >= 15 is 0 Å². The third-order valence-corrected chi connectivity index (χ3v) is 3.71. The van der Waals surface area contributed by atoms with Crippen LogP contribution in [0.25, 0.3) is 0 Å². The first-order valence-corrected chi connectivity index (χ1v) is 7.31. The first-order chi connectivity index (χ1) is 10.7. The molecule has 2 rings (SSSR count). The third-order valence-electron chi connectivity index (χ3n) is 3.71. The second kappa shape index (κ2) is 6.20. The van der Waals surface area contributed by atoms with Crippen LogP contribution < -0.4 is 5.32 Å². The number of amides is 1. The van der Waals surface area contributed by atoms with Crippen LogP contribution >= 0.6 is 0 Å². The Morgan fingerprint density at radius 1 is 1.13 bits per heavy atom. The molecule has 0 atom stereocenters. The van der Waals surface area contributed by atoms with Gasteiger partial charge in [-0.05, 0) is 45.4 Å². The minimum absolute atomic E-state index is 0.0968. The lowest BCUT2D eigenvalue weighted by molar-refractivity contribution is 0.0694. The molecule has 1 aromatic carbocycles. The van der Waals surface area contributed by atoms with Crippen molar-refractivity contribution in [2.45, 2.75) is 33.2 Å². The number of benzene rings is 1. The first-order valence-electron chi connectivity index (χ1n) is 7.31. The highest BCUT2D eigenvalue weighted by Crippen LogP contribution is 2.21. The number of nitrogens with zero attached hydrogens (tertiary/aromatic N) is 1. The Morgan fingerprint density at radius 2 is 1.83 bits per heavy atom. The van der Waals surface area contributed by atoms with Gasteiger partial charge in [-0.15, -0.1) is 0 Å². The summed E-state index contributed by atoms with van der Waals surface area (Å²) in [6.07, 6.45) is 0. The Labute approximate surface area is 135 Å². The zero-order valence-electron chi connectivity index (χ0n) is 13.7. The molecule has 0 unspecified atom stereocenters. The van der Waals surface area contributed by atoms with Crippen LogP contribution in [0.15, 0.2) is 36.4 Å². The number of pyridine rings is 1. The predicted octanol–water partition coefficient (Wildman–Crippen LogP) is 3.06. The van der Waals surface area contributed by atoms with Gasteiger partial charge in [-0.1, -0.05) is 29.8 Å². The summed E-state index contributed by atoms with van der Waals surface area (Å²) in [5.74, 6) is -1.39. The maximum Gasteiger partial charge on any atom is 0.337 e. The van der Waals surface area contributed by atoms with Crippen LogP contribution in [-0.4, -0.2) is 22.0 Å². The molecule has 23 heavy (non-hydrogen) atoms. The van der Waals surface area contributed by atoms with E-state index in [9.17, 15) is 9.59 Å². The van der Waals surface area contributed by atoms with Gasteiger partial charge >= 0.3 is 5.97 Å². The quantitative estimate of drug-likeness (QED) is 0.909. The second-order valence-electron chi connectivity index (χ2n) is 6.08. The fourth-order valence-corrected chi connectivity index (χ4v) is 2.37. The standard InChI is InChI=1S/C18H20N2O3/c1-11-6-5-7-13(10-11)18(3,4)20-16(21)15-9-8-14(17(22)23)12(2)19-15/h5-10H,1-4H3,(H,20,21)(H,22,23). The molecule has 0 saturated heterocycles. The molecule has 0 fully saturated rings. The number of aryl methyl sites for hydroxylation is 2. The van der Waals surface area contributed by atoms with Crippen molar-refractivity contribution in [3.8, 4) is 0 Å². The summed E-state index contributed by atoms with van der Waals surface area (Å²) in [4.78, 5) is 27.5. The van der Waals surface area contributed by atoms with Gasteiger partial charge in [0, 0.05) is 0 Å². The van der Waals surface area contributed by atoms with Crippen LogP contribution in [0.2, 0.25) is 0 Å². The molecule has 1 heterocycles. The van der Waals surface area contributed by atoms with E-state index in [2.05, 4.69) is 10.3 Å². The van der Waals surface area contributed by atoms with E-state index in [4.69, 9.17) is 5.11 Å². The predicted molar refractivity (Wildman–Crippen MR) is 87.6 cm³/mol. The van der Waals surface area contributed by atoms with E-state index in [0.29, 0.717) is 5.69 Å². The molecule has 0 bridgehead atoms. The SMILES string of the molecule is Cc1cccc(C(C)(C)NC(=O)c2ccc(C(=O)O)c(C)n2)c1. The molecule has 120 valence electrons.